The minimum atomic E-state index is -0.933. The Kier molecular flexibility index (Phi) is 4.29. The highest BCUT2D eigenvalue weighted by molar-refractivity contribution is 5.90. The van der Waals surface area contributed by atoms with E-state index in [1.165, 1.54) is 12.3 Å². The number of carbonyl (C=O) groups is 1. The van der Waals surface area contributed by atoms with Crippen LogP contribution in [0.4, 0.5) is 20.2 Å². The van der Waals surface area contributed by atoms with Crippen LogP contribution in [-0.2, 0) is 11.3 Å². The number of benzene rings is 1. The van der Waals surface area contributed by atoms with Crippen molar-refractivity contribution in [3.63, 3.8) is 0 Å². The van der Waals surface area contributed by atoms with Crippen molar-refractivity contribution in [1.29, 1.82) is 0 Å². The van der Waals surface area contributed by atoms with Crippen molar-refractivity contribution >= 4 is 17.3 Å². The first-order chi connectivity index (χ1) is 11.9. The monoisotopic (exact) mass is 346 g/mol. The van der Waals surface area contributed by atoms with Gasteiger partial charge < -0.3 is 15.5 Å². The van der Waals surface area contributed by atoms with Crippen molar-refractivity contribution in [2.45, 2.75) is 6.54 Å². The number of halogens is 2. The van der Waals surface area contributed by atoms with Crippen LogP contribution in [0.2, 0.25) is 0 Å². The summed E-state index contributed by atoms with van der Waals surface area (Å²) in [6.45, 7) is -0.506. The summed E-state index contributed by atoms with van der Waals surface area (Å²) >= 11 is 0. The van der Waals surface area contributed by atoms with E-state index in [2.05, 4.69) is 10.4 Å². The van der Waals surface area contributed by atoms with Crippen LogP contribution in [0.15, 0.2) is 51.9 Å². The molecule has 3 rings (SSSR count). The van der Waals surface area contributed by atoms with Crippen molar-refractivity contribution in [3.8, 4) is 11.5 Å². The zero-order valence-electron chi connectivity index (χ0n) is 12.7. The largest absolute Gasteiger partial charge is 0.463 e. The molecular formula is C16H12F2N4O3. The third-order valence-electron chi connectivity index (χ3n) is 3.27. The fraction of sp³-hybridized carbons (Fsp3) is 0.0625. The van der Waals surface area contributed by atoms with Gasteiger partial charge in [0.15, 0.2) is 5.76 Å². The average molecular weight is 346 g/mol. The van der Waals surface area contributed by atoms with Gasteiger partial charge in [0.05, 0.1) is 12.0 Å². The minimum Gasteiger partial charge on any atom is -0.463 e. The van der Waals surface area contributed by atoms with Gasteiger partial charge in [-0.25, -0.2) is 13.5 Å². The predicted octanol–water partition coefficient (Wildman–Crippen LogP) is 2.00. The van der Waals surface area contributed by atoms with Crippen molar-refractivity contribution in [3.05, 3.63) is 64.6 Å². The van der Waals surface area contributed by atoms with Crippen LogP contribution < -0.4 is 16.6 Å². The maximum Gasteiger partial charge on any atom is 0.290 e. The maximum atomic E-state index is 13.6. The second-order valence-corrected chi connectivity index (χ2v) is 5.10. The number of nitrogen functional groups attached to an aromatic ring is 1. The van der Waals surface area contributed by atoms with E-state index in [1.54, 1.807) is 12.1 Å². The molecule has 0 aliphatic rings. The Balaban J connectivity index is 1.84. The van der Waals surface area contributed by atoms with E-state index in [0.717, 1.165) is 16.8 Å². The maximum absolute atomic E-state index is 13.6. The minimum absolute atomic E-state index is 0.123. The van der Waals surface area contributed by atoms with Crippen molar-refractivity contribution < 1.29 is 18.0 Å². The molecule has 0 spiro atoms. The molecule has 0 radical (unpaired) electrons. The van der Waals surface area contributed by atoms with E-state index >= 15 is 0 Å². The number of hydrogen-bond acceptors (Lipinski definition) is 5. The number of anilines is 2. The van der Waals surface area contributed by atoms with Crippen LogP contribution in [0.25, 0.3) is 11.5 Å². The molecule has 3 aromatic rings. The Morgan fingerprint density at radius 1 is 1.28 bits per heavy atom. The standard InChI is InChI=1S/C16H12F2N4O3/c17-9-3-4-12(10(18)6-9)20-15(23)8-22-16(24)11(19)7-13(21-22)14-2-1-5-25-14/h1-7H,8,19H2,(H,20,23). The topological polar surface area (TPSA) is 103 Å². The summed E-state index contributed by atoms with van der Waals surface area (Å²) in [6, 6.07) is 7.28. The number of hydrogen-bond donors (Lipinski definition) is 2. The second kappa shape index (κ2) is 6.56. The summed E-state index contributed by atoms with van der Waals surface area (Å²) in [5, 5.41) is 6.25. The number of aromatic nitrogens is 2. The molecule has 2 aromatic heterocycles. The van der Waals surface area contributed by atoms with E-state index in [-0.39, 0.29) is 17.1 Å². The lowest BCUT2D eigenvalue weighted by Gasteiger charge is -2.09. The molecule has 0 fully saturated rings. The van der Waals surface area contributed by atoms with Gasteiger partial charge in [0.25, 0.3) is 5.56 Å². The van der Waals surface area contributed by atoms with Crippen molar-refractivity contribution in [1.82, 2.24) is 9.78 Å². The summed E-state index contributed by atoms with van der Waals surface area (Å²) < 4.78 is 32.5. The molecule has 2 heterocycles. The van der Waals surface area contributed by atoms with Gasteiger partial charge in [-0.15, -0.1) is 0 Å². The number of rotatable bonds is 4. The number of nitrogens with zero attached hydrogens (tertiary/aromatic N) is 2. The zero-order valence-corrected chi connectivity index (χ0v) is 12.7. The van der Waals surface area contributed by atoms with Gasteiger partial charge in [0.1, 0.15) is 29.6 Å². The third-order valence-corrected chi connectivity index (χ3v) is 3.27. The highest BCUT2D eigenvalue weighted by atomic mass is 19.1. The molecule has 1 amide bonds. The predicted molar refractivity (Wildman–Crippen MR) is 85.6 cm³/mol. The fourth-order valence-corrected chi connectivity index (χ4v) is 2.13. The molecule has 0 aliphatic heterocycles. The number of amides is 1. The van der Waals surface area contributed by atoms with Gasteiger partial charge in [0, 0.05) is 6.07 Å². The zero-order chi connectivity index (χ0) is 18.0. The fourth-order valence-electron chi connectivity index (χ4n) is 2.13. The Hall–Kier alpha value is -3.49. The Morgan fingerprint density at radius 3 is 2.76 bits per heavy atom. The van der Waals surface area contributed by atoms with Gasteiger partial charge in [-0.05, 0) is 30.3 Å². The highest BCUT2D eigenvalue weighted by Crippen LogP contribution is 2.18. The molecule has 7 nitrogen and oxygen atoms in total. The normalized spacial score (nSPS) is 10.6. The van der Waals surface area contributed by atoms with Gasteiger partial charge in [-0.2, -0.15) is 5.10 Å². The van der Waals surface area contributed by atoms with Gasteiger partial charge in [0.2, 0.25) is 5.91 Å². The quantitative estimate of drug-likeness (QED) is 0.752. The van der Waals surface area contributed by atoms with Crippen LogP contribution in [0, 0.1) is 11.6 Å². The molecule has 0 unspecified atom stereocenters. The average Bonchev–Trinajstić information content (AvgIpc) is 3.09. The smallest absolute Gasteiger partial charge is 0.290 e. The summed E-state index contributed by atoms with van der Waals surface area (Å²) in [5.41, 5.74) is 4.90. The second-order valence-electron chi connectivity index (χ2n) is 5.10. The first-order valence-electron chi connectivity index (χ1n) is 7.10. The van der Waals surface area contributed by atoms with Crippen LogP contribution in [0.5, 0.6) is 0 Å². The number of carbonyl (C=O) groups excluding carboxylic acids is 1. The SMILES string of the molecule is Nc1cc(-c2ccco2)nn(CC(=O)Nc2ccc(F)cc2F)c1=O. The molecule has 25 heavy (non-hydrogen) atoms. The van der Waals surface area contributed by atoms with Crippen LogP contribution >= 0.6 is 0 Å². The number of nitrogens with one attached hydrogen (secondary N) is 1. The van der Waals surface area contributed by atoms with E-state index in [0.29, 0.717) is 11.8 Å². The Morgan fingerprint density at radius 2 is 2.08 bits per heavy atom. The molecule has 0 saturated heterocycles. The van der Waals surface area contributed by atoms with Gasteiger partial charge in [-0.3, -0.25) is 9.59 Å². The van der Waals surface area contributed by atoms with Crippen molar-refractivity contribution in [2.24, 2.45) is 0 Å². The summed E-state index contributed by atoms with van der Waals surface area (Å²) in [7, 11) is 0. The lowest BCUT2D eigenvalue weighted by molar-refractivity contribution is -0.117. The summed E-state index contributed by atoms with van der Waals surface area (Å²) in [4.78, 5) is 24.1. The summed E-state index contributed by atoms with van der Waals surface area (Å²) in [5.74, 6) is -2.06. The molecule has 0 aliphatic carbocycles. The lowest BCUT2D eigenvalue weighted by atomic mass is 10.3. The van der Waals surface area contributed by atoms with Crippen LogP contribution in [0.3, 0.4) is 0 Å². The summed E-state index contributed by atoms with van der Waals surface area (Å²) in [6.07, 6.45) is 1.42. The molecule has 128 valence electrons. The molecule has 1 aromatic carbocycles. The van der Waals surface area contributed by atoms with Crippen molar-refractivity contribution in [2.75, 3.05) is 11.1 Å². The first-order valence-corrected chi connectivity index (χ1v) is 7.10. The molecule has 3 N–H and O–H groups in total. The lowest BCUT2D eigenvalue weighted by Crippen LogP contribution is -2.31. The van der Waals surface area contributed by atoms with E-state index < -0.39 is 29.6 Å². The number of furan rings is 1. The molecule has 0 bridgehead atoms. The van der Waals surface area contributed by atoms with E-state index in [1.807, 2.05) is 0 Å². The van der Waals surface area contributed by atoms with E-state index in [4.69, 9.17) is 10.2 Å². The third kappa shape index (κ3) is 3.55. The van der Waals surface area contributed by atoms with Crippen LogP contribution in [-0.4, -0.2) is 15.7 Å². The molecular weight excluding hydrogens is 334 g/mol. The van der Waals surface area contributed by atoms with Gasteiger partial charge >= 0.3 is 0 Å². The Labute approximate surface area is 139 Å². The Bertz CT molecular complexity index is 984. The van der Waals surface area contributed by atoms with E-state index in [9.17, 15) is 18.4 Å². The first kappa shape index (κ1) is 16.4. The van der Waals surface area contributed by atoms with Gasteiger partial charge in [-0.1, -0.05) is 0 Å². The number of nitrogens with two attached hydrogens (primary N) is 1. The van der Waals surface area contributed by atoms with Crippen LogP contribution in [0.1, 0.15) is 0 Å². The molecule has 9 heteroatoms. The molecule has 0 atom stereocenters. The molecule has 0 saturated carbocycles. The highest BCUT2D eigenvalue weighted by Gasteiger charge is 2.14.